The standard InChI is InChI=1S/C23H44O3/c1-3-4-5-6-7-8-9-10-11-12-13-14-15-16-17-18-21(24)19-22-20(2)23(25)26-22/h20-22,24H,3-19H2,1-2H3/t20-,21+,22-/m1/s1. The average molecular weight is 369 g/mol. The van der Waals surface area contributed by atoms with E-state index in [0.29, 0.717) is 6.42 Å². The number of rotatable bonds is 18. The number of hydrogen-bond acceptors (Lipinski definition) is 3. The number of aliphatic hydroxyl groups excluding tert-OH is 1. The van der Waals surface area contributed by atoms with E-state index in [1.165, 1.54) is 89.9 Å². The van der Waals surface area contributed by atoms with Crippen molar-refractivity contribution < 1.29 is 14.6 Å². The number of cyclic esters (lactones) is 1. The average Bonchev–Trinajstić information content (AvgIpc) is 2.64. The summed E-state index contributed by atoms with van der Waals surface area (Å²) in [4.78, 5) is 11.0. The summed E-state index contributed by atoms with van der Waals surface area (Å²) in [6.45, 7) is 4.16. The van der Waals surface area contributed by atoms with Crippen molar-refractivity contribution in [1.29, 1.82) is 0 Å². The lowest BCUT2D eigenvalue weighted by Gasteiger charge is -2.33. The van der Waals surface area contributed by atoms with E-state index in [1.54, 1.807) is 0 Å². The summed E-state index contributed by atoms with van der Waals surface area (Å²) in [6, 6.07) is 0. The zero-order chi connectivity index (χ0) is 19.0. The minimum absolute atomic E-state index is 0.0225. The van der Waals surface area contributed by atoms with Crippen LogP contribution in [0.25, 0.3) is 0 Å². The summed E-state index contributed by atoms with van der Waals surface area (Å²) in [5, 5.41) is 10.0. The lowest BCUT2D eigenvalue weighted by Crippen LogP contribution is -2.44. The van der Waals surface area contributed by atoms with Gasteiger partial charge in [0.15, 0.2) is 0 Å². The number of aliphatic hydroxyl groups is 1. The molecule has 0 aromatic carbocycles. The second-order valence-electron chi connectivity index (χ2n) is 8.39. The number of hydrogen-bond donors (Lipinski definition) is 1. The van der Waals surface area contributed by atoms with Gasteiger partial charge in [-0.2, -0.15) is 0 Å². The van der Waals surface area contributed by atoms with Gasteiger partial charge >= 0.3 is 5.97 Å². The van der Waals surface area contributed by atoms with Gasteiger partial charge < -0.3 is 9.84 Å². The Morgan fingerprint density at radius 3 is 1.62 bits per heavy atom. The predicted octanol–water partition coefficient (Wildman–Crippen LogP) is 6.56. The first-order chi connectivity index (χ1) is 12.6. The molecule has 3 heteroatoms. The van der Waals surface area contributed by atoms with Gasteiger partial charge in [0.25, 0.3) is 0 Å². The minimum Gasteiger partial charge on any atom is -0.461 e. The Labute approximate surface area is 162 Å². The van der Waals surface area contributed by atoms with Crippen molar-refractivity contribution >= 4 is 5.97 Å². The minimum atomic E-state index is -0.308. The zero-order valence-corrected chi connectivity index (χ0v) is 17.5. The normalized spacial score (nSPS) is 20.7. The highest BCUT2D eigenvalue weighted by molar-refractivity contribution is 5.77. The van der Waals surface area contributed by atoms with Crippen LogP contribution < -0.4 is 0 Å². The van der Waals surface area contributed by atoms with E-state index in [9.17, 15) is 9.90 Å². The van der Waals surface area contributed by atoms with Gasteiger partial charge in [-0.1, -0.05) is 103 Å². The van der Waals surface area contributed by atoms with Gasteiger partial charge in [-0.3, -0.25) is 4.79 Å². The van der Waals surface area contributed by atoms with Crippen LogP contribution in [0, 0.1) is 5.92 Å². The molecular weight excluding hydrogens is 324 g/mol. The summed E-state index contributed by atoms with van der Waals surface area (Å²) in [6.07, 6.45) is 21.6. The number of ether oxygens (including phenoxy) is 1. The van der Waals surface area contributed by atoms with Gasteiger partial charge in [-0.05, 0) is 13.3 Å². The predicted molar refractivity (Wildman–Crippen MR) is 109 cm³/mol. The quantitative estimate of drug-likeness (QED) is 0.220. The molecule has 1 aliphatic heterocycles. The largest absolute Gasteiger partial charge is 0.461 e. The van der Waals surface area contributed by atoms with Gasteiger partial charge in [0, 0.05) is 6.42 Å². The maximum atomic E-state index is 11.0. The molecular formula is C23H44O3. The van der Waals surface area contributed by atoms with Crippen LogP contribution in [0.15, 0.2) is 0 Å². The van der Waals surface area contributed by atoms with Crippen LogP contribution in [0.1, 0.15) is 123 Å². The summed E-state index contributed by atoms with van der Waals surface area (Å²) >= 11 is 0. The van der Waals surface area contributed by atoms with E-state index in [2.05, 4.69) is 6.92 Å². The van der Waals surface area contributed by atoms with E-state index >= 15 is 0 Å². The smallest absolute Gasteiger partial charge is 0.312 e. The van der Waals surface area contributed by atoms with Crippen LogP contribution in [0.4, 0.5) is 0 Å². The number of carbonyl (C=O) groups is 1. The van der Waals surface area contributed by atoms with Crippen molar-refractivity contribution in [1.82, 2.24) is 0 Å². The molecule has 0 unspecified atom stereocenters. The lowest BCUT2D eigenvalue weighted by molar-refractivity contribution is -0.185. The SMILES string of the molecule is CCCCCCCCCCCCCCCCC[C@H](O)C[C@H]1OC(=O)[C@@H]1C. The van der Waals surface area contributed by atoms with Crippen LogP contribution in [-0.2, 0) is 9.53 Å². The lowest BCUT2D eigenvalue weighted by atomic mass is 9.92. The summed E-state index contributed by atoms with van der Waals surface area (Å²) in [5.41, 5.74) is 0. The molecule has 154 valence electrons. The molecule has 3 nitrogen and oxygen atoms in total. The van der Waals surface area contributed by atoms with Gasteiger partial charge in [0.1, 0.15) is 6.10 Å². The fourth-order valence-corrected chi connectivity index (χ4v) is 3.83. The van der Waals surface area contributed by atoms with Gasteiger partial charge in [0.2, 0.25) is 0 Å². The monoisotopic (exact) mass is 368 g/mol. The number of unbranched alkanes of at least 4 members (excludes halogenated alkanes) is 14. The van der Waals surface area contributed by atoms with Crippen LogP contribution in [-0.4, -0.2) is 23.3 Å². The highest BCUT2D eigenvalue weighted by Crippen LogP contribution is 2.26. The molecule has 0 aromatic heterocycles. The molecule has 1 heterocycles. The maximum Gasteiger partial charge on any atom is 0.312 e. The molecule has 0 radical (unpaired) electrons. The number of esters is 1. The van der Waals surface area contributed by atoms with Gasteiger partial charge in [-0.15, -0.1) is 0 Å². The first-order valence-corrected chi connectivity index (χ1v) is 11.5. The van der Waals surface area contributed by atoms with Crippen LogP contribution in [0.2, 0.25) is 0 Å². The summed E-state index contributed by atoms with van der Waals surface area (Å²) in [7, 11) is 0. The fourth-order valence-electron chi connectivity index (χ4n) is 3.83. The van der Waals surface area contributed by atoms with Crippen molar-refractivity contribution in [3.8, 4) is 0 Å². The third-order valence-corrected chi connectivity index (χ3v) is 5.84. The van der Waals surface area contributed by atoms with E-state index in [-0.39, 0.29) is 24.1 Å². The van der Waals surface area contributed by atoms with E-state index in [0.717, 1.165) is 12.8 Å². The Bertz CT molecular complexity index is 342. The second kappa shape index (κ2) is 15.5. The topological polar surface area (TPSA) is 46.5 Å². The third kappa shape index (κ3) is 11.2. The molecule has 1 N–H and O–H groups in total. The Morgan fingerprint density at radius 2 is 1.23 bits per heavy atom. The highest BCUT2D eigenvalue weighted by atomic mass is 16.6. The molecule has 1 rings (SSSR count). The Morgan fingerprint density at radius 1 is 0.808 bits per heavy atom. The molecule has 3 atom stereocenters. The third-order valence-electron chi connectivity index (χ3n) is 5.84. The molecule has 0 saturated carbocycles. The van der Waals surface area contributed by atoms with Crippen LogP contribution in [0.3, 0.4) is 0 Å². The summed E-state index contributed by atoms with van der Waals surface area (Å²) in [5.74, 6) is -0.139. The van der Waals surface area contributed by atoms with Gasteiger partial charge in [-0.25, -0.2) is 0 Å². The Kier molecular flexibility index (Phi) is 14.0. The van der Waals surface area contributed by atoms with Crippen molar-refractivity contribution in [2.75, 3.05) is 0 Å². The van der Waals surface area contributed by atoms with E-state index in [1.807, 2.05) is 6.92 Å². The first-order valence-electron chi connectivity index (χ1n) is 11.5. The van der Waals surface area contributed by atoms with Crippen molar-refractivity contribution in [3.05, 3.63) is 0 Å². The van der Waals surface area contributed by atoms with Gasteiger partial charge in [0.05, 0.1) is 12.0 Å². The second-order valence-corrected chi connectivity index (χ2v) is 8.39. The van der Waals surface area contributed by atoms with Crippen LogP contribution in [0.5, 0.6) is 0 Å². The van der Waals surface area contributed by atoms with Crippen molar-refractivity contribution in [2.45, 2.75) is 135 Å². The molecule has 26 heavy (non-hydrogen) atoms. The van der Waals surface area contributed by atoms with Crippen LogP contribution >= 0.6 is 0 Å². The zero-order valence-electron chi connectivity index (χ0n) is 17.5. The molecule has 0 aromatic rings. The fraction of sp³-hybridized carbons (Fsp3) is 0.957. The maximum absolute atomic E-state index is 11.0. The summed E-state index contributed by atoms with van der Waals surface area (Å²) < 4.78 is 5.05. The van der Waals surface area contributed by atoms with Crippen molar-refractivity contribution in [3.63, 3.8) is 0 Å². The molecule has 0 amide bonds. The molecule has 1 fully saturated rings. The Hall–Kier alpha value is -0.570. The first kappa shape index (κ1) is 23.5. The molecule has 0 spiro atoms. The molecule has 1 saturated heterocycles. The van der Waals surface area contributed by atoms with E-state index < -0.39 is 0 Å². The Balaban J connectivity index is 1.74. The van der Waals surface area contributed by atoms with Crippen molar-refractivity contribution in [2.24, 2.45) is 5.92 Å². The van der Waals surface area contributed by atoms with E-state index in [4.69, 9.17) is 4.74 Å². The molecule has 1 aliphatic rings. The molecule has 0 aliphatic carbocycles. The molecule has 0 bridgehead atoms. The number of carbonyl (C=O) groups excluding carboxylic acids is 1. The highest BCUT2D eigenvalue weighted by Gasteiger charge is 2.39.